The SMILES string of the molecule is Brc1cscc1SSc1cscc1Br. The fraction of sp³-hybridized carbons (Fsp3) is 0. The van der Waals surface area contributed by atoms with Crippen LogP contribution in [0, 0.1) is 0 Å². The summed E-state index contributed by atoms with van der Waals surface area (Å²) in [5, 5.41) is 8.52. The topological polar surface area (TPSA) is 0 Å². The van der Waals surface area contributed by atoms with Gasteiger partial charge in [0, 0.05) is 40.3 Å². The van der Waals surface area contributed by atoms with E-state index in [9.17, 15) is 0 Å². The van der Waals surface area contributed by atoms with E-state index in [4.69, 9.17) is 0 Å². The molecule has 74 valence electrons. The van der Waals surface area contributed by atoms with Crippen molar-refractivity contribution in [1.82, 2.24) is 0 Å². The minimum absolute atomic E-state index is 1.19. The monoisotopic (exact) mass is 386 g/mol. The van der Waals surface area contributed by atoms with Crippen LogP contribution in [0.2, 0.25) is 0 Å². The number of rotatable bonds is 3. The van der Waals surface area contributed by atoms with Crippen LogP contribution in [0.5, 0.6) is 0 Å². The van der Waals surface area contributed by atoms with Crippen molar-refractivity contribution in [3.8, 4) is 0 Å². The smallest absolute Gasteiger partial charge is 0.0435 e. The van der Waals surface area contributed by atoms with E-state index in [1.54, 1.807) is 44.3 Å². The van der Waals surface area contributed by atoms with E-state index in [1.807, 2.05) is 0 Å². The van der Waals surface area contributed by atoms with Crippen LogP contribution < -0.4 is 0 Å². The van der Waals surface area contributed by atoms with Gasteiger partial charge in [0.2, 0.25) is 0 Å². The molecule has 0 atom stereocenters. The lowest BCUT2D eigenvalue weighted by molar-refractivity contribution is 1.53. The zero-order valence-corrected chi connectivity index (χ0v) is 13.1. The molecular formula is C8H4Br2S4. The van der Waals surface area contributed by atoms with Gasteiger partial charge < -0.3 is 0 Å². The number of halogens is 2. The highest BCUT2D eigenvalue weighted by Crippen LogP contribution is 2.45. The standard InChI is InChI=1S/C8H4Br2S4/c9-5-1-11-3-7(5)13-14-8-4-12-2-6(8)10/h1-4H. The van der Waals surface area contributed by atoms with Crippen LogP contribution in [0.4, 0.5) is 0 Å². The Balaban J connectivity index is 2.02. The second-order valence-electron chi connectivity index (χ2n) is 2.33. The Hall–Kier alpha value is 1.06. The summed E-state index contributed by atoms with van der Waals surface area (Å²) < 4.78 is 2.37. The first-order chi connectivity index (χ1) is 6.77. The average molecular weight is 388 g/mol. The molecule has 14 heavy (non-hydrogen) atoms. The fourth-order valence-corrected chi connectivity index (χ4v) is 7.22. The first-order valence-electron chi connectivity index (χ1n) is 3.55. The molecule has 0 nitrogen and oxygen atoms in total. The van der Waals surface area contributed by atoms with Crippen LogP contribution >= 0.6 is 76.1 Å². The third-order valence-electron chi connectivity index (χ3n) is 1.39. The van der Waals surface area contributed by atoms with Gasteiger partial charge in [-0.2, -0.15) is 0 Å². The van der Waals surface area contributed by atoms with Gasteiger partial charge in [-0.25, -0.2) is 0 Å². The van der Waals surface area contributed by atoms with Gasteiger partial charge in [0.1, 0.15) is 0 Å². The van der Waals surface area contributed by atoms with E-state index in [0.29, 0.717) is 0 Å². The van der Waals surface area contributed by atoms with Gasteiger partial charge in [-0.05, 0) is 31.9 Å². The highest BCUT2D eigenvalue weighted by molar-refractivity contribution is 9.11. The molecule has 0 spiro atoms. The van der Waals surface area contributed by atoms with Crippen LogP contribution in [-0.2, 0) is 0 Å². The van der Waals surface area contributed by atoms with Gasteiger partial charge in [0.15, 0.2) is 0 Å². The Labute approximate surface area is 115 Å². The summed E-state index contributed by atoms with van der Waals surface area (Å²) in [7, 11) is 3.56. The molecule has 0 fully saturated rings. The molecule has 2 aromatic heterocycles. The third-order valence-corrected chi connectivity index (χ3v) is 8.06. The van der Waals surface area contributed by atoms with E-state index >= 15 is 0 Å². The molecule has 0 bridgehead atoms. The van der Waals surface area contributed by atoms with Crippen LogP contribution in [-0.4, -0.2) is 0 Å². The van der Waals surface area contributed by atoms with E-state index in [2.05, 4.69) is 53.4 Å². The summed E-state index contributed by atoms with van der Waals surface area (Å²) in [4.78, 5) is 2.58. The van der Waals surface area contributed by atoms with Gasteiger partial charge in [0.25, 0.3) is 0 Å². The lowest BCUT2D eigenvalue weighted by Gasteiger charge is -1.97. The van der Waals surface area contributed by atoms with E-state index in [0.717, 1.165) is 0 Å². The molecule has 0 saturated carbocycles. The molecule has 0 aromatic carbocycles. The molecule has 0 aliphatic carbocycles. The van der Waals surface area contributed by atoms with Crippen LogP contribution in [0.1, 0.15) is 0 Å². The van der Waals surface area contributed by atoms with Crippen LogP contribution in [0.15, 0.2) is 40.3 Å². The van der Waals surface area contributed by atoms with Crippen molar-refractivity contribution in [3.63, 3.8) is 0 Å². The van der Waals surface area contributed by atoms with E-state index < -0.39 is 0 Å². The predicted molar refractivity (Wildman–Crippen MR) is 75.8 cm³/mol. The summed E-state index contributed by atoms with van der Waals surface area (Å²) >= 11 is 10.5. The molecule has 2 aromatic rings. The van der Waals surface area contributed by atoms with Crippen molar-refractivity contribution in [2.24, 2.45) is 0 Å². The first kappa shape index (κ1) is 11.5. The summed E-state index contributed by atoms with van der Waals surface area (Å²) in [6, 6.07) is 0. The molecule has 2 rings (SSSR count). The minimum atomic E-state index is 1.19. The Morgan fingerprint density at radius 1 is 0.786 bits per heavy atom. The Bertz CT molecular complexity index is 380. The van der Waals surface area contributed by atoms with Crippen molar-refractivity contribution in [3.05, 3.63) is 30.5 Å². The van der Waals surface area contributed by atoms with Crippen LogP contribution in [0.3, 0.4) is 0 Å². The normalized spacial score (nSPS) is 10.7. The maximum absolute atomic E-state index is 3.52. The highest BCUT2D eigenvalue weighted by atomic mass is 79.9. The van der Waals surface area contributed by atoms with Gasteiger partial charge in [-0.3, -0.25) is 0 Å². The molecule has 0 aliphatic heterocycles. The van der Waals surface area contributed by atoms with Crippen molar-refractivity contribution in [1.29, 1.82) is 0 Å². The maximum atomic E-state index is 3.52. The Morgan fingerprint density at radius 2 is 1.21 bits per heavy atom. The molecule has 0 unspecified atom stereocenters. The predicted octanol–water partition coefficient (Wildman–Crippen LogP) is 6.13. The molecule has 0 aliphatic rings. The molecular weight excluding hydrogens is 384 g/mol. The largest absolute Gasteiger partial charge is 0.150 e. The van der Waals surface area contributed by atoms with Gasteiger partial charge in [-0.1, -0.05) is 21.6 Å². The third kappa shape index (κ3) is 2.80. The first-order valence-corrected chi connectivity index (χ1v) is 9.17. The van der Waals surface area contributed by atoms with Crippen molar-refractivity contribution in [2.75, 3.05) is 0 Å². The zero-order valence-electron chi connectivity index (χ0n) is 6.70. The number of hydrogen-bond acceptors (Lipinski definition) is 4. The van der Waals surface area contributed by atoms with Crippen LogP contribution in [0.25, 0.3) is 0 Å². The highest BCUT2D eigenvalue weighted by Gasteiger charge is 2.06. The average Bonchev–Trinajstić information content (AvgIpc) is 2.72. The van der Waals surface area contributed by atoms with Crippen molar-refractivity contribution >= 4 is 76.1 Å². The maximum Gasteiger partial charge on any atom is 0.0435 e. The molecule has 0 saturated heterocycles. The Kier molecular flexibility index (Phi) is 4.46. The van der Waals surface area contributed by atoms with Crippen molar-refractivity contribution < 1.29 is 0 Å². The second-order valence-corrected chi connectivity index (χ2v) is 7.74. The zero-order chi connectivity index (χ0) is 9.97. The number of hydrogen-bond donors (Lipinski definition) is 0. The number of thiophene rings is 2. The second kappa shape index (κ2) is 5.41. The van der Waals surface area contributed by atoms with Gasteiger partial charge >= 0.3 is 0 Å². The summed E-state index contributed by atoms with van der Waals surface area (Å²) in [5.74, 6) is 0. The van der Waals surface area contributed by atoms with Gasteiger partial charge in [0.05, 0.1) is 0 Å². The molecule has 2 heterocycles. The Morgan fingerprint density at radius 3 is 1.50 bits per heavy atom. The lowest BCUT2D eigenvalue weighted by Crippen LogP contribution is -1.62. The molecule has 0 N–H and O–H groups in total. The summed E-state index contributed by atoms with van der Waals surface area (Å²) in [6.45, 7) is 0. The quantitative estimate of drug-likeness (QED) is 0.580. The van der Waals surface area contributed by atoms with Crippen molar-refractivity contribution in [2.45, 2.75) is 9.79 Å². The molecule has 0 amide bonds. The molecule has 6 heteroatoms. The van der Waals surface area contributed by atoms with Gasteiger partial charge in [-0.15, -0.1) is 22.7 Å². The minimum Gasteiger partial charge on any atom is -0.150 e. The fourth-order valence-electron chi connectivity index (χ4n) is 0.749. The summed E-state index contributed by atoms with van der Waals surface area (Å²) in [5.41, 5.74) is 0. The van der Waals surface area contributed by atoms with E-state index in [-0.39, 0.29) is 0 Å². The molecule has 0 radical (unpaired) electrons. The van der Waals surface area contributed by atoms with E-state index in [1.165, 1.54) is 18.7 Å². The summed E-state index contributed by atoms with van der Waals surface area (Å²) in [6.07, 6.45) is 0. The lowest BCUT2D eigenvalue weighted by atomic mass is 10.7.